The van der Waals surface area contributed by atoms with Crippen molar-refractivity contribution in [3.05, 3.63) is 0 Å². The fourth-order valence-corrected chi connectivity index (χ4v) is 2.82. The largest absolute Gasteiger partial charge is 0.481 e. The number of aliphatic imine (C=N–C) groups is 1. The summed E-state index contributed by atoms with van der Waals surface area (Å²) in [6, 6.07) is 0. The first kappa shape index (κ1) is 6.89. The smallest absolute Gasteiger partial charge is 0.170 e. The zero-order valence-electron chi connectivity index (χ0n) is 7.20. The van der Waals surface area contributed by atoms with Crippen LogP contribution in [0.2, 0.25) is 0 Å². The summed E-state index contributed by atoms with van der Waals surface area (Å²) < 4.78 is 5.27. The molecule has 0 aliphatic carbocycles. The number of ether oxygens (including phenoxy) is 1. The Kier molecular flexibility index (Phi) is 1.28. The van der Waals surface area contributed by atoms with E-state index in [1.54, 1.807) is 6.40 Å². The third-order valence-corrected chi connectivity index (χ3v) is 3.56. The van der Waals surface area contributed by atoms with E-state index in [2.05, 4.69) is 9.89 Å². The lowest BCUT2D eigenvalue weighted by Crippen LogP contribution is -2.58. The molecule has 0 radical (unpaired) electrons. The Balaban J connectivity index is 1.91. The minimum Gasteiger partial charge on any atom is -0.481 e. The van der Waals surface area contributed by atoms with Gasteiger partial charge < -0.3 is 9.64 Å². The molecule has 3 saturated heterocycles. The molecule has 0 aromatic rings. The first-order valence-corrected chi connectivity index (χ1v) is 4.77. The van der Waals surface area contributed by atoms with Gasteiger partial charge in [0, 0.05) is 6.54 Å². The molecule has 0 amide bonds. The number of hydrogen-bond donors (Lipinski definition) is 0. The molecular formula is C9H14N2O. The fraction of sp³-hybridized carbons (Fsp3) is 0.889. The van der Waals surface area contributed by atoms with E-state index in [1.807, 2.05) is 0 Å². The number of piperidine rings is 3. The number of hydrogen-bond acceptors (Lipinski definition) is 3. The molecule has 0 N–H and O–H groups in total. The highest BCUT2D eigenvalue weighted by Crippen LogP contribution is 2.39. The number of rotatable bonds is 0. The monoisotopic (exact) mass is 166 g/mol. The van der Waals surface area contributed by atoms with Gasteiger partial charge in [-0.2, -0.15) is 0 Å². The molecule has 4 rings (SSSR count). The van der Waals surface area contributed by atoms with Crippen LogP contribution in [-0.4, -0.2) is 43.1 Å². The van der Waals surface area contributed by atoms with Gasteiger partial charge in [-0.15, -0.1) is 0 Å². The summed E-state index contributed by atoms with van der Waals surface area (Å²) in [6.07, 6.45) is 4.29. The Labute approximate surface area is 72.4 Å². The van der Waals surface area contributed by atoms with E-state index in [0.717, 1.165) is 19.1 Å². The van der Waals surface area contributed by atoms with Gasteiger partial charge in [0.05, 0.1) is 0 Å². The van der Waals surface area contributed by atoms with Crippen LogP contribution in [0.25, 0.3) is 0 Å². The SMILES string of the molecule is C1=NC2(CO1)CN1CCC2CC1. The van der Waals surface area contributed by atoms with E-state index < -0.39 is 0 Å². The van der Waals surface area contributed by atoms with E-state index in [0.29, 0.717) is 0 Å². The van der Waals surface area contributed by atoms with E-state index in [9.17, 15) is 0 Å². The van der Waals surface area contributed by atoms with E-state index in [4.69, 9.17) is 4.74 Å². The van der Waals surface area contributed by atoms with Crippen LogP contribution in [-0.2, 0) is 4.74 Å². The van der Waals surface area contributed by atoms with E-state index in [1.165, 1.54) is 25.9 Å². The molecule has 0 aromatic heterocycles. The maximum Gasteiger partial charge on any atom is 0.170 e. The van der Waals surface area contributed by atoms with Crippen LogP contribution in [0.4, 0.5) is 0 Å². The second-order valence-electron chi connectivity index (χ2n) is 4.20. The predicted octanol–water partition coefficient (Wildman–Crippen LogP) is 0.509. The quantitative estimate of drug-likeness (QED) is 0.524. The molecule has 3 heteroatoms. The van der Waals surface area contributed by atoms with Gasteiger partial charge in [0.25, 0.3) is 0 Å². The molecule has 1 atom stereocenters. The maximum atomic E-state index is 5.27. The van der Waals surface area contributed by atoms with Crippen molar-refractivity contribution in [2.45, 2.75) is 18.4 Å². The van der Waals surface area contributed by atoms with Gasteiger partial charge in [-0.05, 0) is 31.8 Å². The summed E-state index contributed by atoms with van der Waals surface area (Å²) in [6.45, 7) is 4.52. The van der Waals surface area contributed by atoms with Crippen molar-refractivity contribution in [2.75, 3.05) is 26.2 Å². The van der Waals surface area contributed by atoms with Crippen LogP contribution in [0.1, 0.15) is 12.8 Å². The Hall–Kier alpha value is -0.570. The van der Waals surface area contributed by atoms with Gasteiger partial charge in [0.1, 0.15) is 12.1 Å². The molecule has 4 aliphatic heterocycles. The first-order valence-electron chi connectivity index (χ1n) is 4.77. The summed E-state index contributed by atoms with van der Waals surface area (Å²) >= 11 is 0. The minimum absolute atomic E-state index is 0.163. The van der Waals surface area contributed by atoms with Crippen molar-refractivity contribution < 1.29 is 4.74 Å². The van der Waals surface area contributed by atoms with Crippen LogP contribution < -0.4 is 0 Å². The Bertz CT molecular complexity index is 221. The van der Waals surface area contributed by atoms with Gasteiger partial charge in [0.2, 0.25) is 0 Å². The highest BCUT2D eigenvalue weighted by atomic mass is 16.5. The van der Waals surface area contributed by atoms with Crippen molar-refractivity contribution in [3.63, 3.8) is 0 Å². The molecule has 1 spiro atoms. The third-order valence-electron chi connectivity index (χ3n) is 3.56. The molecule has 1 unspecified atom stereocenters. The van der Waals surface area contributed by atoms with Gasteiger partial charge in [0.15, 0.2) is 6.40 Å². The molecule has 66 valence electrons. The minimum atomic E-state index is 0.163. The van der Waals surface area contributed by atoms with Crippen LogP contribution in [0, 0.1) is 5.92 Å². The van der Waals surface area contributed by atoms with E-state index in [-0.39, 0.29) is 5.54 Å². The molecule has 2 bridgehead atoms. The lowest BCUT2D eigenvalue weighted by molar-refractivity contribution is 0.0170. The first-order chi connectivity index (χ1) is 5.89. The average Bonchev–Trinajstić information content (AvgIpc) is 2.55. The van der Waals surface area contributed by atoms with Crippen molar-refractivity contribution in [3.8, 4) is 0 Å². The van der Waals surface area contributed by atoms with Gasteiger partial charge in [-0.1, -0.05) is 0 Å². The Morgan fingerprint density at radius 1 is 1.42 bits per heavy atom. The standard InChI is InChI=1S/C9H14N2O/c1-3-11-4-2-8(1)9(5-11)6-12-7-10-9/h7-8H,1-6H2. The van der Waals surface area contributed by atoms with Crippen LogP contribution in [0.3, 0.4) is 0 Å². The summed E-state index contributed by atoms with van der Waals surface area (Å²) in [5.74, 6) is 0.793. The van der Waals surface area contributed by atoms with Gasteiger partial charge >= 0.3 is 0 Å². The van der Waals surface area contributed by atoms with Crippen molar-refractivity contribution in [1.29, 1.82) is 0 Å². The molecule has 0 aromatic carbocycles. The highest BCUT2D eigenvalue weighted by molar-refractivity contribution is 5.51. The van der Waals surface area contributed by atoms with Crippen molar-refractivity contribution in [1.82, 2.24) is 4.90 Å². The summed E-state index contributed by atoms with van der Waals surface area (Å²) in [4.78, 5) is 7.04. The molecule has 3 fully saturated rings. The highest BCUT2D eigenvalue weighted by Gasteiger charge is 2.48. The van der Waals surface area contributed by atoms with Gasteiger partial charge in [-0.3, -0.25) is 0 Å². The van der Waals surface area contributed by atoms with E-state index >= 15 is 0 Å². The number of nitrogens with zero attached hydrogens (tertiary/aromatic N) is 2. The zero-order valence-corrected chi connectivity index (χ0v) is 7.20. The lowest BCUT2D eigenvalue weighted by atomic mass is 9.74. The summed E-state index contributed by atoms with van der Waals surface area (Å²) in [7, 11) is 0. The zero-order chi connectivity index (χ0) is 8.02. The third kappa shape index (κ3) is 0.774. The van der Waals surface area contributed by atoms with Gasteiger partial charge in [-0.25, -0.2) is 4.99 Å². The van der Waals surface area contributed by atoms with Crippen molar-refractivity contribution >= 4 is 6.40 Å². The second-order valence-corrected chi connectivity index (χ2v) is 4.20. The molecule has 12 heavy (non-hydrogen) atoms. The Morgan fingerprint density at radius 2 is 2.25 bits per heavy atom. The van der Waals surface area contributed by atoms with Crippen molar-refractivity contribution in [2.24, 2.45) is 10.9 Å². The van der Waals surface area contributed by atoms with Crippen LogP contribution in [0.5, 0.6) is 0 Å². The van der Waals surface area contributed by atoms with Crippen LogP contribution in [0.15, 0.2) is 4.99 Å². The summed E-state index contributed by atoms with van der Waals surface area (Å²) in [5.41, 5.74) is 0.163. The molecule has 0 saturated carbocycles. The Morgan fingerprint density at radius 3 is 2.75 bits per heavy atom. The predicted molar refractivity (Wildman–Crippen MR) is 46.3 cm³/mol. The van der Waals surface area contributed by atoms with Crippen LogP contribution >= 0.6 is 0 Å². The molecule has 3 nitrogen and oxygen atoms in total. The molecule has 4 heterocycles. The number of fused-ring (bicyclic) bond motifs is 2. The molecular weight excluding hydrogens is 152 g/mol. The average molecular weight is 166 g/mol. The molecule has 4 aliphatic rings. The maximum absolute atomic E-state index is 5.27. The summed E-state index contributed by atoms with van der Waals surface area (Å²) in [5, 5.41) is 0. The fourth-order valence-electron chi connectivity index (χ4n) is 2.82. The lowest BCUT2D eigenvalue weighted by Gasteiger charge is -2.48. The second kappa shape index (κ2) is 2.22. The normalized spacial score (nSPS) is 50.0. The topological polar surface area (TPSA) is 24.8 Å².